The van der Waals surface area contributed by atoms with E-state index in [1.165, 1.54) is 12.1 Å². The van der Waals surface area contributed by atoms with Crippen LogP contribution >= 0.6 is 0 Å². The van der Waals surface area contributed by atoms with E-state index in [9.17, 15) is 22.4 Å². The second-order valence-electron chi connectivity index (χ2n) is 4.12. The summed E-state index contributed by atoms with van der Waals surface area (Å²) < 4.78 is 55.8. The fourth-order valence-corrected chi connectivity index (χ4v) is 1.62. The first kappa shape index (κ1) is 15.0. The number of amides is 1. The maximum atomic E-state index is 13.1. The van der Waals surface area contributed by atoms with Crippen LogP contribution in [0, 0.1) is 5.82 Å². The molecular weight excluding hydrogens is 292 g/mol. The van der Waals surface area contributed by atoms with Crippen molar-refractivity contribution in [1.82, 2.24) is 0 Å². The first-order valence-corrected chi connectivity index (χ1v) is 5.78. The van der Waals surface area contributed by atoms with Crippen molar-refractivity contribution in [2.24, 2.45) is 5.73 Å². The predicted octanol–water partition coefficient (Wildman–Crippen LogP) is 3.15. The Kier molecular flexibility index (Phi) is 3.99. The van der Waals surface area contributed by atoms with Crippen molar-refractivity contribution in [1.29, 1.82) is 0 Å². The van der Waals surface area contributed by atoms with Crippen LogP contribution in [0.25, 0.3) is 0 Å². The number of rotatable bonds is 3. The van der Waals surface area contributed by atoms with Gasteiger partial charge in [-0.1, -0.05) is 0 Å². The van der Waals surface area contributed by atoms with Crippen molar-refractivity contribution in [2.45, 2.75) is 12.7 Å². The number of halogens is 4. The topological polar surface area (TPSA) is 68.3 Å². The molecule has 112 valence electrons. The van der Waals surface area contributed by atoms with E-state index in [-0.39, 0.29) is 18.0 Å². The number of anilines is 1. The van der Waals surface area contributed by atoms with Crippen LogP contribution in [0.3, 0.4) is 0 Å². The van der Waals surface area contributed by atoms with Gasteiger partial charge in [-0.15, -0.1) is 0 Å². The van der Waals surface area contributed by atoms with E-state index in [1.807, 2.05) is 0 Å². The second-order valence-corrected chi connectivity index (χ2v) is 4.12. The van der Waals surface area contributed by atoms with Crippen LogP contribution < -0.4 is 11.1 Å². The van der Waals surface area contributed by atoms with Gasteiger partial charge in [0.1, 0.15) is 11.6 Å². The van der Waals surface area contributed by atoms with Crippen LogP contribution in [-0.4, -0.2) is 5.91 Å². The third-order valence-corrected chi connectivity index (χ3v) is 2.62. The van der Waals surface area contributed by atoms with Gasteiger partial charge in [-0.3, -0.25) is 4.79 Å². The Hall–Kier alpha value is -2.35. The molecule has 1 heterocycles. The summed E-state index contributed by atoms with van der Waals surface area (Å²) in [6, 6.07) is 4.98. The Morgan fingerprint density at radius 3 is 2.52 bits per heavy atom. The molecule has 21 heavy (non-hydrogen) atoms. The smallest absolute Gasteiger partial charge is 0.419 e. The standard InChI is InChI=1S/C13H10F4N2O2/c14-10-3-1-7(5-9(10)13(15,16)17)19-12(20)11-4-2-8(6-18)21-11/h1-5H,6,18H2,(H,19,20). The molecule has 1 aromatic carbocycles. The Labute approximate surface area is 116 Å². The van der Waals surface area contributed by atoms with Gasteiger partial charge in [0.15, 0.2) is 5.76 Å². The number of hydrogen-bond donors (Lipinski definition) is 2. The van der Waals surface area contributed by atoms with E-state index in [1.54, 1.807) is 0 Å². The van der Waals surface area contributed by atoms with Gasteiger partial charge in [0.05, 0.1) is 12.1 Å². The Morgan fingerprint density at radius 1 is 1.24 bits per heavy atom. The second kappa shape index (κ2) is 5.57. The average Bonchev–Trinajstić information content (AvgIpc) is 2.88. The fourth-order valence-electron chi connectivity index (χ4n) is 1.62. The van der Waals surface area contributed by atoms with Crippen LogP contribution in [0.1, 0.15) is 21.9 Å². The van der Waals surface area contributed by atoms with Crippen LogP contribution in [0.5, 0.6) is 0 Å². The SMILES string of the molecule is NCc1ccc(C(=O)Nc2ccc(F)c(C(F)(F)F)c2)o1. The lowest BCUT2D eigenvalue weighted by Crippen LogP contribution is -2.13. The van der Waals surface area contributed by atoms with Crippen LogP contribution in [0.2, 0.25) is 0 Å². The lowest BCUT2D eigenvalue weighted by atomic mass is 10.2. The summed E-state index contributed by atoms with van der Waals surface area (Å²) in [4.78, 5) is 11.8. The molecule has 1 amide bonds. The number of nitrogens with two attached hydrogens (primary N) is 1. The molecule has 0 radical (unpaired) electrons. The zero-order valence-electron chi connectivity index (χ0n) is 10.5. The highest BCUT2D eigenvalue weighted by Crippen LogP contribution is 2.33. The third kappa shape index (κ3) is 3.40. The van der Waals surface area contributed by atoms with E-state index < -0.39 is 23.5 Å². The van der Waals surface area contributed by atoms with Gasteiger partial charge in [-0.2, -0.15) is 13.2 Å². The largest absolute Gasteiger partial charge is 0.455 e. The lowest BCUT2D eigenvalue weighted by Gasteiger charge is -2.10. The van der Waals surface area contributed by atoms with Crippen molar-refractivity contribution in [3.05, 3.63) is 53.2 Å². The Bertz CT molecular complexity index is 664. The number of carbonyl (C=O) groups excluding carboxylic acids is 1. The summed E-state index contributed by atoms with van der Waals surface area (Å²) in [6.07, 6.45) is -4.85. The van der Waals surface area contributed by atoms with Gasteiger partial charge >= 0.3 is 6.18 Å². The fraction of sp³-hybridized carbons (Fsp3) is 0.154. The van der Waals surface area contributed by atoms with Crippen LogP contribution in [-0.2, 0) is 12.7 Å². The molecule has 8 heteroatoms. The van der Waals surface area contributed by atoms with Gasteiger partial charge in [-0.05, 0) is 30.3 Å². The molecule has 0 aliphatic rings. The normalized spacial score (nSPS) is 11.5. The van der Waals surface area contributed by atoms with Crippen LogP contribution in [0.15, 0.2) is 34.7 Å². The molecule has 2 rings (SSSR count). The minimum absolute atomic E-state index is 0.0854. The summed E-state index contributed by atoms with van der Waals surface area (Å²) in [5.74, 6) is -1.91. The van der Waals surface area contributed by atoms with E-state index in [2.05, 4.69) is 5.32 Å². The summed E-state index contributed by atoms with van der Waals surface area (Å²) in [5, 5.41) is 2.20. The number of benzene rings is 1. The molecule has 0 unspecified atom stereocenters. The van der Waals surface area contributed by atoms with Gasteiger partial charge in [-0.25, -0.2) is 4.39 Å². The van der Waals surface area contributed by atoms with Crippen molar-refractivity contribution >= 4 is 11.6 Å². The highest BCUT2D eigenvalue weighted by molar-refractivity contribution is 6.02. The summed E-state index contributed by atoms with van der Waals surface area (Å²) in [5.41, 5.74) is 3.66. The average molecular weight is 302 g/mol. The monoisotopic (exact) mass is 302 g/mol. The minimum Gasteiger partial charge on any atom is -0.455 e. The Morgan fingerprint density at radius 2 is 1.95 bits per heavy atom. The number of alkyl halides is 3. The predicted molar refractivity (Wildman–Crippen MR) is 66.0 cm³/mol. The van der Waals surface area contributed by atoms with E-state index in [0.29, 0.717) is 17.9 Å². The molecule has 0 saturated carbocycles. The first-order chi connectivity index (χ1) is 9.81. The number of hydrogen-bond acceptors (Lipinski definition) is 3. The molecule has 0 atom stereocenters. The van der Waals surface area contributed by atoms with Gasteiger partial charge in [0, 0.05) is 5.69 Å². The summed E-state index contributed by atoms with van der Waals surface area (Å²) in [6.45, 7) is 0.0854. The zero-order valence-corrected chi connectivity index (χ0v) is 10.5. The van der Waals surface area contributed by atoms with Crippen molar-refractivity contribution in [2.75, 3.05) is 5.32 Å². The van der Waals surface area contributed by atoms with Gasteiger partial charge < -0.3 is 15.5 Å². The van der Waals surface area contributed by atoms with Gasteiger partial charge in [0.2, 0.25) is 0 Å². The molecule has 4 nitrogen and oxygen atoms in total. The first-order valence-electron chi connectivity index (χ1n) is 5.78. The lowest BCUT2D eigenvalue weighted by molar-refractivity contribution is -0.139. The maximum absolute atomic E-state index is 13.1. The molecule has 0 aliphatic heterocycles. The molecule has 2 aromatic rings. The van der Waals surface area contributed by atoms with E-state index in [0.717, 1.165) is 6.07 Å². The molecule has 0 fully saturated rings. The van der Waals surface area contributed by atoms with E-state index in [4.69, 9.17) is 10.2 Å². The molecule has 0 spiro atoms. The quantitative estimate of drug-likeness (QED) is 0.856. The molecule has 1 aromatic heterocycles. The molecule has 0 bridgehead atoms. The minimum atomic E-state index is -4.85. The van der Waals surface area contributed by atoms with Crippen LogP contribution in [0.4, 0.5) is 23.2 Å². The molecule has 0 saturated heterocycles. The highest BCUT2D eigenvalue weighted by Gasteiger charge is 2.34. The summed E-state index contributed by atoms with van der Waals surface area (Å²) >= 11 is 0. The zero-order chi connectivity index (χ0) is 15.6. The maximum Gasteiger partial charge on any atom is 0.419 e. The molecule has 0 aliphatic carbocycles. The highest BCUT2D eigenvalue weighted by atomic mass is 19.4. The summed E-state index contributed by atoms with van der Waals surface area (Å²) in [7, 11) is 0. The number of carbonyl (C=O) groups is 1. The number of nitrogens with one attached hydrogen (secondary N) is 1. The van der Waals surface area contributed by atoms with Crippen molar-refractivity contribution < 1.29 is 26.8 Å². The molecular formula is C13H10F4N2O2. The molecule has 3 N–H and O–H groups in total. The van der Waals surface area contributed by atoms with Crippen molar-refractivity contribution in [3.63, 3.8) is 0 Å². The van der Waals surface area contributed by atoms with E-state index >= 15 is 0 Å². The number of furan rings is 1. The Balaban J connectivity index is 2.21. The van der Waals surface area contributed by atoms with Crippen molar-refractivity contribution in [3.8, 4) is 0 Å². The third-order valence-electron chi connectivity index (χ3n) is 2.62. The van der Waals surface area contributed by atoms with Gasteiger partial charge in [0.25, 0.3) is 5.91 Å².